The monoisotopic (exact) mass is 383 g/mol. The molecule has 0 bridgehead atoms. The molecule has 0 radical (unpaired) electrons. The highest BCUT2D eigenvalue weighted by Crippen LogP contribution is 2.22. The summed E-state index contributed by atoms with van der Waals surface area (Å²) in [6.07, 6.45) is 14.7. The Bertz CT molecular complexity index is 937. The van der Waals surface area contributed by atoms with Crippen molar-refractivity contribution in [2.24, 2.45) is 0 Å². The van der Waals surface area contributed by atoms with Crippen LogP contribution in [0.15, 0.2) is 126 Å². The Morgan fingerprint density at radius 3 is 2.45 bits per heavy atom. The Balaban J connectivity index is 2.39. The van der Waals surface area contributed by atoms with Gasteiger partial charge < -0.3 is 16.0 Å². The number of anilines is 1. The first kappa shape index (κ1) is 21.7. The van der Waals surface area contributed by atoms with E-state index in [1.165, 1.54) is 6.21 Å². The molecule has 3 nitrogen and oxygen atoms in total. The van der Waals surface area contributed by atoms with E-state index < -0.39 is 0 Å². The van der Waals surface area contributed by atoms with Crippen molar-refractivity contribution >= 4 is 11.9 Å². The van der Waals surface area contributed by atoms with Gasteiger partial charge in [0.05, 0.1) is 6.04 Å². The van der Waals surface area contributed by atoms with E-state index >= 15 is 0 Å². The van der Waals surface area contributed by atoms with E-state index in [1.54, 1.807) is 12.2 Å². The molecule has 29 heavy (non-hydrogen) atoms. The van der Waals surface area contributed by atoms with Crippen molar-refractivity contribution < 1.29 is 0 Å². The van der Waals surface area contributed by atoms with Gasteiger partial charge in [0.2, 0.25) is 0 Å². The largest absolute Gasteiger partial charge is 0.374 e. The normalized spacial score (nSPS) is 17.4. The van der Waals surface area contributed by atoms with Crippen molar-refractivity contribution in [1.29, 1.82) is 5.41 Å². The van der Waals surface area contributed by atoms with E-state index in [0.29, 0.717) is 0 Å². The van der Waals surface area contributed by atoms with Crippen LogP contribution in [0.1, 0.15) is 13.8 Å². The molecule has 0 spiro atoms. The third-order valence-corrected chi connectivity index (χ3v) is 4.67. The van der Waals surface area contributed by atoms with Gasteiger partial charge in [-0.2, -0.15) is 0 Å². The minimum atomic E-state index is -0.0490. The summed E-state index contributed by atoms with van der Waals surface area (Å²) >= 11 is 0. The molecule has 1 atom stereocenters. The van der Waals surface area contributed by atoms with Gasteiger partial charge >= 0.3 is 0 Å². The molecule has 0 fully saturated rings. The summed E-state index contributed by atoms with van der Waals surface area (Å²) < 4.78 is 0. The van der Waals surface area contributed by atoms with Crippen molar-refractivity contribution in [3.8, 4) is 0 Å². The van der Waals surface area contributed by atoms with E-state index in [9.17, 15) is 0 Å². The lowest BCUT2D eigenvalue weighted by atomic mass is 9.98. The molecule has 0 aromatic heterocycles. The Labute approximate surface area is 174 Å². The Kier molecular flexibility index (Phi) is 7.99. The van der Waals surface area contributed by atoms with Crippen LogP contribution in [0.2, 0.25) is 0 Å². The zero-order valence-corrected chi connectivity index (χ0v) is 17.2. The molecule has 2 rings (SSSR count). The fourth-order valence-corrected chi connectivity index (χ4v) is 2.85. The molecule has 1 aromatic rings. The standard InChI is InChI=1S/C26H29N3/c1-6-21(16-17-27)24-14-11-15-25(29-24)22(7-2)18-26(20(5)19(3)4)28-23-12-9-8-10-13-23/h6-18,25,27-29H,1-3H2,4-5H3/b21-16+,22-18+,26-20-,27-17?. The quantitative estimate of drug-likeness (QED) is 0.349. The number of hydrogen-bond acceptors (Lipinski definition) is 3. The van der Waals surface area contributed by atoms with Crippen molar-refractivity contribution in [3.05, 3.63) is 126 Å². The highest BCUT2D eigenvalue weighted by Gasteiger charge is 2.15. The van der Waals surface area contributed by atoms with Gasteiger partial charge in [0, 0.05) is 23.3 Å². The van der Waals surface area contributed by atoms with Gasteiger partial charge in [0.25, 0.3) is 0 Å². The maximum absolute atomic E-state index is 7.34. The summed E-state index contributed by atoms with van der Waals surface area (Å²) in [4.78, 5) is 0. The third kappa shape index (κ3) is 5.94. The summed E-state index contributed by atoms with van der Waals surface area (Å²) in [5, 5.41) is 14.3. The van der Waals surface area contributed by atoms with Gasteiger partial charge in [-0.05, 0) is 60.9 Å². The number of benzene rings is 1. The number of dihydropyridines is 1. The van der Waals surface area contributed by atoms with Gasteiger partial charge in [0.15, 0.2) is 0 Å². The van der Waals surface area contributed by atoms with Crippen LogP contribution in [0.3, 0.4) is 0 Å². The molecule has 3 N–H and O–H groups in total. The van der Waals surface area contributed by atoms with E-state index in [1.807, 2.05) is 55.5 Å². The zero-order valence-electron chi connectivity index (χ0n) is 17.2. The first-order valence-corrected chi connectivity index (χ1v) is 9.51. The number of nitrogens with one attached hydrogen (secondary N) is 3. The number of allylic oxidation sites excluding steroid dienone is 7. The Morgan fingerprint density at radius 1 is 1.14 bits per heavy atom. The smallest absolute Gasteiger partial charge is 0.0701 e. The molecular weight excluding hydrogens is 354 g/mol. The number of rotatable bonds is 9. The fourth-order valence-electron chi connectivity index (χ4n) is 2.85. The topological polar surface area (TPSA) is 47.9 Å². The highest BCUT2D eigenvalue weighted by molar-refractivity contribution is 5.72. The van der Waals surface area contributed by atoms with E-state index in [-0.39, 0.29) is 6.04 Å². The summed E-state index contributed by atoms with van der Waals surface area (Å²) in [7, 11) is 0. The zero-order chi connectivity index (χ0) is 21.2. The number of hydrogen-bond donors (Lipinski definition) is 3. The van der Waals surface area contributed by atoms with Gasteiger partial charge in [0.1, 0.15) is 0 Å². The molecule has 1 aromatic carbocycles. The van der Waals surface area contributed by atoms with E-state index in [4.69, 9.17) is 5.41 Å². The second kappa shape index (κ2) is 10.7. The van der Waals surface area contributed by atoms with Crippen molar-refractivity contribution in [2.45, 2.75) is 19.9 Å². The van der Waals surface area contributed by atoms with Crippen LogP contribution in [0.4, 0.5) is 5.69 Å². The van der Waals surface area contributed by atoms with Crippen LogP contribution in [0, 0.1) is 5.41 Å². The maximum atomic E-state index is 7.34. The van der Waals surface area contributed by atoms with Crippen LogP contribution >= 0.6 is 0 Å². The number of para-hydroxylation sites is 1. The molecule has 148 valence electrons. The summed E-state index contributed by atoms with van der Waals surface area (Å²) in [6, 6.07) is 10.0. The fraction of sp³-hybridized carbons (Fsp3) is 0.115. The second-order valence-electron chi connectivity index (χ2n) is 6.74. The molecule has 0 aliphatic carbocycles. The average Bonchev–Trinajstić information content (AvgIpc) is 2.75. The van der Waals surface area contributed by atoms with Crippen molar-refractivity contribution in [2.75, 3.05) is 5.32 Å². The average molecular weight is 384 g/mol. The molecule has 1 heterocycles. The SMILES string of the molecule is C=C/C(=C\C=N)C1=CC=CC(/C(C=C)=C/C(Nc2ccccc2)=C(\C)C(=C)C)N1. The van der Waals surface area contributed by atoms with Crippen LogP contribution in [0.25, 0.3) is 0 Å². The van der Waals surface area contributed by atoms with Crippen molar-refractivity contribution in [3.63, 3.8) is 0 Å². The van der Waals surface area contributed by atoms with Crippen LogP contribution < -0.4 is 10.6 Å². The summed E-state index contributed by atoms with van der Waals surface area (Å²) in [5.41, 5.74) is 6.88. The first-order chi connectivity index (χ1) is 14.0. The lowest BCUT2D eigenvalue weighted by molar-refractivity contribution is 0.763. The second-order valence-corrected chi connectivity index (χ2v) is 6.74. The molecule has 1 aliphatic rings. The van der Waals surface area contributed by atoms with E-state index in [2.05, 4.69) is 49.4 Å². The lowest BCUT2D eigenvalue weighted by Crippen LogP contribution is -2.30. The molecular formula is C26H29N3. The molecule has 3 heteroatoms. The molecule has 0 saturated carbocycles. The molecule has 1 aliphatic heterocycles. The van der Waals surface area contributed by atoms with Gasteiger partial charge in [-0.3, -0.25) is 0 Å². The predicted molar refractivity (Wildman–Crippen MR) is 127 cm³/mol. The Hall–Kier alpha value is -3.59. The predicted octanol–water partition coefficient (Wildman–Crippen LogP) is 6.23. The van der Waals surface area contributed by atoms with Crippen molar-refractivity contribution in [1.82, 2.24) is 5.32 Å². The lowest BCUT2D eigenvalue weighted by Gasteiger charge is -2.24. The third-order valence-electron chi connectivity index (χ3n) is 4.67. The molecule has 0 saturated heterocycles. The maximum Gasteiger partial charge on any atom is 0.0701 e. The van der Waals surface area contributed by atoms with E-state index in [0.717, 1.165) is 39.4 Å². The Morgan fingerprint density at radius 2 is 1.86 bits per heavy atom. The highest BCUT2D eigenvalue weighted by atomic mass is 14.9. The van der Waals surface area contributed by atoms with Gasteiger partial charge in [-0.15, -0.1) is 0 Å². The van der Waals surface area contributed by atoms with Crippen LogP contribution in [0.5, 0.6) is 0 Å². The summed E-state index contributed by atoms with van der Waals surface area (Å²) in [6.45, 7) is 16.0. The van der Waals surface area contributed by atoms with Crippen LogP contribution in [-0.4, -0.2) is 12.3 Å². The summed E-state index contributed by atoms with van der Waals surface area (Å²) in [5.74, 6) is 0. The molecule has 1 unspecified atom stereocenters. The van der Waals surface area contributed by atoms with Gasteiger partial charge in [-0.25, -0.2) is 0 Å². The molecule has 0 amide bonds. The first-order valence-electron chi connectivity index (χ1n) is 9.51. The van der Waals surface area contributed by atoms with Gasteiger partial charge in [-0.1, -0.05) is 67.8 Å². The minimum absolute atomic E-state index is 0.0490. The van der Waals surface area contributed by atoms with Crippen LogP contribution in [-0.2, 0) is 0 Å². The minimum Gasteiger partial charge on any atom is -0.374 e.